The molecule has 0 bridgehead atoms. The largest absolute Gasteiger partial charge is 0.378 e. The van der Waals surface area contributed by atoms with Crippen LogP contribution >= 0.6 is 0 Å². The minimum atomic E-state index is -1.07. The summed E-state index contributed by atoms with van der Waals surface area (Å²) in [6.07, 6.45) is 6.96. The standard InChI is InChI=1S/C42H50N12O8/c1-25-4-2-7-31(48-25)39(57)50-27-20-28(21-27)53-24-47-36-37(45-23-46-38(36)53)49-26-10-13-52(14-11-26)15-17-62-19-18-61-16-12-43-34(56)22-44-30-6-3-5-29-35(30)42(60)54(41(29)59)32-8-9-33(55)51-40(32)58/h2-7,23-24,26-28,32,44H,8-22H2,1H3,(H,43,56)(H,50,57)(H,45,46,49)(H,51,55,58)/t27?,28?,32-/m0/s1. The Labute approximate surface area is 356 Å². The number of aromatic nitrogens is 5. The van der Waals surface area contributed by atoms with Gasteiger partial charge in [-0.25, -0.2) is 19.9 Å². The number of nitrogens with one attached hydrogen (secondary N) is 5. The van der Waals surface area contributed by atoms with E-state index < -0.39 is 29.7 Å². The molecule has 20 heteroatoms. The number of rotatable bonds is 18. The highest BCUT2D eigenvalue weighted by Gasteiger charge is 2.45. The molecule has 1 aliphatic carbocycles. The summed E-state index contributed by atoms with van der Waals surface area (Å²) in [5.41, 5.74) is 3.28. The summed E-state index contributed by atoms with van der Waals surface area (Å²) in [6, 6.07) is 9.55. The SMILES string of the molecule is Cc1cccc(C(=O)NC2CC(n3cnc4c(NC5CCN(CCOCCOCCNC(=O)CNc6cccc7c6C(=O)N([C@H]6CCC(=O)NC6=O)C7=O)CC5)ncnc43)C2)n1. The van der Waals surface area contributed by atoms with Gasteiger partial charge in [0.15, 0.2) is 11.5 Å². The van der Waals surface area contributed by atoms with Crippen LogP contribution in [0.3, 0.4) is 0 Å². The van der Waals surface area contributed by atoms with Crippen molar-refractivity contribution in [3.63, 3.8) is 0 Å². The van der Waals surface area contributed by atoms with Crippen LogP contribution in [0, 0.1) is 6.92 Å². The Morgan fingerprint density at radius 3 is 2.47 bits per heavy atom. The topological polar surface area (TPSA) is 244 Å². The highest BCUT2D eigenvalue weighted by Crippen LogP contribution is 2.36. The highest BCUT2D eigenvalue weighted by molar-refractivity contribution is 6.25. The Kier molecular flexibility index (Phi) is 13.1. The van der Waals surface area contributed by atoms with Crippen LogP contribution in [0.15, 0.2) is 49.1 Å². The van der Waals surface area contributed by atoms with E-state index >= 15 is 0 Å². The number of ether oxygens (including phenoxy) is 2. The van der Waals surface area contributed by atoms with Crippen LogP contribution in [0.4, 0.5) is 11.5 Å². The van der Waals surface area contributed by atoms with Gasteiger partial charge in [-0.2, -0.15) is 0 Å². The number of nitrogens with zero attached hydrogens (tertiary/aromatic N) is 7. The van der Waals surface area contributed by atoms with Crippen molar-refractivity contribution in [1.29, 1.82) is 0 Å². The first kappa shape index (κ1) is 42.3. The summed E-state index contributed by atoms with van der Waals surface area (Å²) >= 11 is 0. The van der Waals surface area contributed by atoms with Gasteiger partial charge < -0.3 is 40.2 Å². The molecule has 1 saturated carbocycles. The maximum Gasteiger partial charge on any atom is 0.270 e. The molecule has 1 aromatic carbocycles. The smallest absolute Gasteiger partial charge is 0.270 e. The lowest BCUT2D eigenvalue weighted by Crippen LogP contribution is -2.54. The van der Waals surface area contributed by atoms with E-state index in [1.54, 1.807) is 24.5 Å². The van der Waals surface area contributed by atoms with E-state index in [0.29, 0.717) is 31.2 Å². The van der Waals surface area contributed by atoms with Crippen molar-refractivity contribution in [2.45, 2.75) is 69.6 Å². The molecule has 20 nitrogen and oxygen atoms in total. The van der Waals surface area contributed by atoms with Gasteiger partial charge in [-0.1, -0.05) is 12.1 Å². The molecule has 4 aliphatic rings. The van der Waals surface area contributed by atoms with Gasteiger partial charge in [0.25, 0.3) is 17.7 Å². The summed E-state index contributed by atoms with van der Waals surface area (Å²) < 4.78 is 13.5. The lowest BCUT2D eigenvalue weighted by molar-refractivity contribution is -0.136. The van der Waals surface area contributed by atoms with E-state index in [1.165, 1.54) is 6.07 Å². The molecule has 3 fully saturated rings. The van der Waals surface area contributed by atoms with Crippen LogP contribution in [0.25, 0.3) is 11.2 Å². The highest BCUT2D eigenvalue weighted by atomic mass is 16.5. The Balaban J connectivity index is 0.671. The first-order valence-corrected chi connectivity index (χ1v) is 21.0. The van der Waals surface area contributed by atoms with Crippen LogP contribution in [0.5, 0.6) is 0 Å². The molecular formula is C42H50N12O8. The molecule has 0 unspecified atom stereocenters. The van der Waals surface area contributed by atoms with E-state index in [2.05, 4.69) is 56.0 Å². The van der Waals surface area contributed by atoms with Crippen LogP contribution in [0.1, 0.15) is 81.5 Å². The van der Waals surface area contributed by atoms with Crippen molar-refractivity contribution in [3.8, 4) is 0 Å². The lowest BCUT2D eigenvalue weighted by atomic mass is 9.86. The molecule has 1 atom stereocenters. The van der Waals surface area contributed by atoms with Crippen LogP contribution < -0.4 is 26.6 Å². The zero-order chi connectivity index (χ0) is 43.2. The van der Waals surface area contributed by atoms with Crippen LogP contribution in [-0.4, -0.2) is 147 Å². The Morgan fingerprint density at radius 2 is 1.68 bits per heavy atom. The maximum atomic E-state index is 13.2. The molecule has 6 amide bonds. The fourth-order valence-corrected chi connectivity index (χ4v) is 8.26. The van der Waals surface area contributed by atoms with Gasteiger partial charge in [-0.3, -0.25) is 39.0 Å². The van der Waals surface area contributed by atoms with Gasteiger partial charge in [0.1, 0.15) is 23.6 Å². The first-order chi connectivity index (χ1) is 30.1. The Hall–Kier alpha value is -6.38. The van der Waals surface area contributed by atoms with Gasteiger partial charge in [0.05, 0.1) is 50.4 Å². The summed E-state index contributed by atoms with van der Waals surface area (Å²) in [5, 5.41) is 14.5. The molecule has 8 rings (SSSR count). The third-order valence-electron chi connectivity index (χ3n) is 11.6. The molecule has 0 radical (unpaired) electrons. The number of pyridine rings is 1. The van der Waals surface area contributed by atoms with Crippen molar-refractivity contribution in [1.82, 2.24) is 50.3 Å². The molecule has 326 valence electrons. The van der Waals surface area contributed by atoms with Crippen molar-refractivity contribution < 1.29 is 38.2 Å². The number of amides is 6. The van der Waals surface area contributed by atoms with Crippen molar-refractivity contribution in [2.75, 3.05) is 69.8 Å². The second kappa shape index (κ2) is 19.1. The average molecular weight is 851 g/mol. The first-order valence-electron chi connectivity index (χ1n) is 21.0. The van der Waals surface area contributed by atoms with Crippen molar-refractivity contribution in [2.24, 2.45) is 0 Å². The molecule has 3 aromatic heterocycles. The van der Waals surface area contributed by atoms with Crippen LogP contribution in [0.2, 0.25) is 0 Å². The second-order valence-electron chi connectivity index (χ2n) is 15.9. The zero-order valence-electron chi connectivity index (χ0n) is 34.4. The van der Waals surface area contributed by atoms with E-state index in [9.17, 15) is 28.8 Å². The minimum Gasteiger partial charge on any atom is -0.378 e. The molecule has 5 N–H and O–H groups in total. The van der Waals surface area contributed by atoms with Crippen molar-refractivity contribution >= 4 is 58.1 Å². The number of aryl methyl sites for hydroxylation is 1. The number of imidazole rings is 1. The van der Waals surface area contributed by atoms with Crippen LogP contribution in [-0.2, 0) is 23.9 Å². The number of carbonyl (C=O) groups excluding carboxylic acids is 6. The Morgan fingerprint density at radius 1 is 0.887 bits per heavy atom. The number of likely N-dealkylation sites (tertiary alicyclic amines) is 1. The van der Waals surface area contributed by atoms with Gasteiger partial charge in [0, 0.05) is 62.1 Å². The van der Waals surface area contributed by atoms with E-state index in [1.807, 2.05) is 25.4 Å². The molecule has 62 heavy (non-hydrogen) atoms. The van der Waals surface area contributed by atoms with Gasteiger partial charge >= 0.3 is 0 Å². The van der Waals surface area contributed by atoms with Gasteiger partial charge in [-0.15, -0.1) is 0 Å². The molecule has 3 aliphatic heterocycles. The molecule has 6 heterocycles. The average Bonchev–Trinajstić information content (AvgIpc) is 3.79. The fourth-order valence-electron chi connectivity index (χ4n) is 8.26. The summed E-state index contributed by atoms with van der Waals surface area (Å²) in [7, 11) is 0. The minimum absolute atomic E-state index is 0.0273. The van der Waals surface area contributed by atoms with E-state index in [-0.39, 0.29) is 73.6 Å². The maximum absolute atomic E-state index is 13.2. The number of benzene rings is 1. The lowest BCUT2D eigenvalue weighted by Gasteiger charge is -2.36. The molecule has 0 spiro atoms. The van der Waals surface area contributed by atoms with Crippen molar-refractivity contribution in [3.05, 3.63) is 71.6 Å². The summed E-state index contributed by atoms with van der Waals surface area (Å²) in [5.74, 6) is -2.15. The Bertz CT molecular complexity index is 2340. The number of fused-ring (bicyclic) bond motifs is 2. The molecule has 2 saturated heterocycles. The summed E-state index contributed by atoms with van der Waals surface area (Å²) in [6.45, 7) is 6.30. The summed E-state index contributed by atoms with van der Waals surface area (Å²) in [4.78, 5) is 96.7. The van der Waals surface area contributed by atoms with E-state index in [4.69, 9.17) is 9.47 Å². The number of carbonyl (C=O) groups is 6. The van der Waals surface area contributed by atoms with E-state index in [0.717, 1.165) is 72.9 Å². The monoisotopic (exact) mass is 850 g/mol. The van der Waals surface area contributed by atoms with Gasteiger partial charge in [-0.05, 0) is 63.3 Å². The molecule has 4 aromatic rings. The number of hydrogen-bond donors (Lipinski definition) is 5. The van der Waals surface area contributed by atoms with Gasteiger partial charge in [0.2, 0.25) is 17.7 Å². The normalized spacial score (nSPS) is 20.5. The predicted octanol–water partition coefficient (Wildman–Crippen LogP) is 1.20. The number of imide groups is 2. The number of hydrogen-bond acceptors (Lipinski definition) is 15. The molecular weight excluding hydrogens is 801 g/mol. The third-order valence-corrected chi connectivity index (χ3v) is 11.6. The fraction of sp³-hybridized carbons (Fsp3) is 0.476. The quantitative estimate of drug-likeness (QED) is 0.0698. The third kappa shape index (κ3) is 9.56. The number of piperidine rings is 2. The second-order valence-corrected chi connectivity index (χ2v) is 15.9. The number of anilines is 2. The zero-order valence-corrected chi connectivity index (χ0v) is 34.4. The predicted molar refractivity (Wildman–Crippen MR) is 223 cm³/mol.